The number of rotatable bonds is 8. The van der Waals surface area contributed by atoms with Crippen LogP contribution in [0.2, 0.25) is 0 Å². The number of anilines is 1. The molecule has 2 N–H and O–H groups in total. The number of guanidine groups is 1. The number of hydrogen-bond donors (Lipinski definition) is 2. The van der Waals surface area contributed by atoms with Crippen molar-refractivity contribution < 1.29 is 9.50 Å². The van der Waals surface area contributed by atoms with Gasteiger partial charge in [-0.1, -0.05) is 12.1 Å². The SMILES string of the molecule is C=CCCCN(C)C(=NCc1ccc(N2CCC(O)CC2)c(F)c1)NCC. The molecule has 27 heavy (non-hydrogen) atoms. The van der Waals surface area contributed by atoms with E-state index in [2.05, 4.69) is 21.8 Å². The molecule has 0 amide bonds. The van der Waals surface area contributed by atoms with Crippen molar-refractivity contribution in [1.29, 1.82) is 0 Å². The highest BCUT2D eigenvalue weighted by Crippen LogP contribution is 2.24. The van der Waals surface area contributed by atoms with E-state index in [0.717, 1.165) is 37.5 Å². The highest BCUT2D eigenvalue weighted by atomic mass is 19.1. The van der Waals surface area contributed by atoms with Gasteiger partial charge in [0.1, 0.15) is 5.82 Å². The molecular formula is C21H33FN4O. The Hall–Kier alpha value is -2.08. The molecule has 0 unspecified atom stereocenters. The third kappa shape index (κ3) is 6.54. The Labute approximate surface area is 162 Å². The van der Waals surface area contributed by atoms with Crippen molar-refractivity contribution >= 4 is 11.6 Å². The summed E-state index contributed by atoms with van der Waals surface area (Å²) in [5, 5.41) is 12.9. The molecule has 0 saturated carbocycles. The lowest BCUT2D eigenvalue weighted by Crippen LogP contribution is -2.39. The number of allylic oxidation sites excluding steroid dienone is 1. The van der Waals surface area contributed by atoms with Gasteiger partial charge in [0.25, 0.3) is 0 Å². The summed E-state index contributed by atoms with van der Waals surface area (Å²) < 4.78 is 14.6. The van der Waals surface area contributed by atoms with E-state index in [4.69, 9.17) is 0 Å². The molecule has 0 aromatic heterocycles. The van der Waals surface area contributed by atoms with E-state index in [-0.39, 0.29) is 11.9 Å². The summed E-state index contributed by atoms with van der Waals surface area (Å²) in [6.07, 6.45) is 5.05. The van der Waals surface area contributed by atoms with Gasteiger partial charge in [-0.3, -0.25) is 0 Å². The van der Waals surface area contributed by atoms with Gasteiger partial charge in [-0.05, 0) is 50.3 Å². The van der Waals surface area contributed by atoms with Crippen LogP contribution in [-0.2, 0) is 6.54 Å². The number of benzene rings is 1. The fourth-order valence-electron chi connectivity index (χ4n) is 3.23. The lowest BCUT2D eigenvalue weighted by molar-refractivity contribution is 0.145. The first-order valence-corrected chi connectivity index (χ1v) is 9.87. The number of aliphatic hydroxyl groups excluding tert-OH is 1. The van der Waals surface area contributed by atoms with Crippen LogP contribution in [0, 0.1) is 5.82 Å². The zero-order valence-corrected chi connectivity index (χ0v) is 16.6. The zero-order chi connectivity index (χ0) is 19.6. The average Bonchev–Trinajstić information content (AvgIpc) is 2.66. The average molecular weight is 377 g/mol. The number of piperidine rings is 1. The smallest absolute Gasteiger partial charge is 0.193 e. The van der Waals surface area contributed by atoms with Gasteiger partial charge in [0.05, 0.1) is 18.3 Å². The molecule has 1 saturated heterocycles. The summed E-state index contributed by atoms with van der Waals surface area (Å²) in [6.45, 7) is 9.29. The van der Waals surface area contributed by atoms with Gasteiger partial charge in [0.15, 0.2) is 5.96 Å². The van der Waals surface area contributed by atoms with Crippen LogP contribution in [0.15, 0.2) is 35.8 Å². The van der Waals surface area contributed by atoms with Crippen LogP contribution in [0.3, 0.4) is 0 Å². The maximum Gasteiger partial charge on any atom is 0.193 e. The predicted molar refractivity (Wildman–Crippen MR) is 111 cm³/mol. The number of unbranched alkanes of at least 4 members (excludes halogenated alkanes) is 1. The molecule has 1 fully saturated rings. The van der Waals surface area contributed by atoms with Crippen molar-refractivity contribution in [3.8, 4) is 0 Å². The van der Waals surface area contributed by atoms with E-state index >= 15 is 0 Å². The molecular weight excluding hydrogens is 343 g/mol. The largest absolute Gasteiger partial charge is 0.393 e. The van der Waals surface area contributed by atoms with E-state index in [0.29, 0.717) is 38.2 Å². The second kappa shape index (κ2) is 10.9. The molecule has 1 aliphatic heterocycles. The minimum atomic E-state index is -0.258. The maximum atomic E-state index is 14.6. The van der Waals surface area contributed by atoms with Gasteiger partial charge < -0.3 is 20.2 Å². The summed E-state index contributed by atoms with van der Waals surface area (Å²) >= 11 is 0. The molecule has 2 rings (SSSR count). The minimum absolute atomic E-state index is 0.219. The third-order valence-corrected chi connectivity index (χ3v) is 4.83. The van der Waals surface area contributed by atoms with Crippen LogP contribution in [0.4, 0.5) is 10.1 Å². The molecule has 150 valence electrons. The molecule has 0 radical (unpaired) electrons. The Bertz CT molecular complexity index is 627. The highest BCUT2D eigenvalue weighted by Gasteiger charge is 2.19. The van der Waals surface area contributed by atoms with Crippen molar-refractivity contribution in [2.45, 2.75) is 45.3 Å². The fourth-order valence-corrected chi connectivity index (χ4v) is 3.23. The van der Waals surface area contributed by atoms with E-state index in [1.54, 1.807) is 6.07 Å². The Kier molecular flexibility index (Phi) is 8.58. The molecule has 0 spiro atoms. The number of aliphatic hydroxyl groups is 1. The number of aliphatic imine (C=N–C) groups is 1. The lowest BCUT2D eigenvalue weighted by atomic mass is 10.1. The van der Waals surface area contributed by atoms with Crippen LogP contribution in [0.1, 0.15) is 38.2 Å². The summed E-state index contributed by atoms with van der Waals surface area (Å²) in [5.41, 5.74) is 1.46. The van der Waals surface area contributed by atoms with Gasteiger partial charge in [-0.15, -0.1) is 6.58 Å². The second-order valence-corrected chi connectivity index (χ2v) is 7.03. The molecule has 6 heteroatoms. The zero-order valence-electron chi connectivity index (χ0n) is 16.6. The molecule has 0 atom stereocenters. The van der Waals surface area contributed by atoms with Gasteiger partial charge in [-0.2, -0.15) is 0 Å². The Morgan fingerprint density at radius 2 is 2.19 bits per heavy atom. The van der Waals surface area contributed by atoms with Crippen LogP contribution in [0.5, 0.6) is 0 Å². The fraction of sp³-hybridized carbons (Fsp3) is 0.571. The predicted octanol–water partition coefficient (Wildman–Crippen LogP) is 3.15. The number of nitrogens with zero attached hydrogens (tertiary/aromatic N) is 3. The summed E-state index contributed by atoms with van der Waals surface area (Å²) in [7, 11) is 2.01. The van der Waals surface area contributed by atoms with E-state index in [1.807, 2.05) is 37.1 Å². The first-order valence-electron chi connectivity index (χ1n) is 9.87. The van der Waals surface area contributed by atoms with Crippen molar-refractivity contribution in [3.63, 3.8) is 0 Å². The molecule has 1 aromatic carbocycles. The monoisotopic (exact) mass is 376 g/mol. The lowest BCUT2D eigenvalue weighted by Gasteiger charge is -2.31. The van der Waals surface area contributed by atoms with Crippen molar-refractivity contribution in [1.82, 2.24) is 10.2 Å². The quantitative estimate of drug-likeness (QED) is 0.317. The van der Waals surface area contributed by atoms with Crippen molar-refractivity contribution in [2.24, 2.45) is 4.99 Å². The molecule has 1 aromatic rings. The second-order valence-electron chi connectivity index (χ2n) is 7.03. The van der Waals surface area contributed by atoms with Crippen LogP contribution in [0.25, 0.3) is 0 Å². The summed E-state index contributed by atoms with van der Waals surface area (Å²) in [5.74, 6) is 0.611. The molecule has 0 aliphatic carbocycles. The minimum Gasteiger partial charge on any atom is -0.393 e. The molecule has 5 nitrogen and oxygen atoms in total. The van der Waals surface area contributed by atoms with Crippen LogP contribution >= 0.6 is 0 Å². The Balaban J connectivity index is 2.01. The molecule has 0 bridgehead atoms. The van der Waals surface area contributed by atoms with Gasteiger partial charge in [-0.25, -0.2) is 9.38 Å². The summed E-state index contributed by atoms with van der Waals surface area (Å²) in [4.78, 5) is 8.75. The van der Waals surface area contributed by atoms with Crippen LogP contribution in [-0.4, -0.2) is 55.3 Å². The van der Waals surface area contributed by atoms with Crippen molar-refractivity contribution in [2.75, 3.05) is 38.1 Å². The third-order valence-electron chi connectivity index (χ3n) is 4.83. The first kappa shape index (κ1) is 21.2. The highest BCUT2D eigenvalue weighted by molar-refractivity contribution is 5.79. The molecule has 1 heterocycles. The number of halogens is 1. The van der Waals surface area contributed by atoms with Crippen LogP contribution < -0.4 is 10.2 Å². The van der Waals surface area contributed by atoms with Gasteiger partial charge in [0, 0.05) is 33.2 Å². The van der Waals surface area contributed by atoms with Gasteiger partial charge >= 0.3 is 0 Å². The first-order chi connectivity index (χ1) is 13.0. The number of hydrogen-bond acceptors (Lipinski definition) is 3. The standard InChI is InChI=1S/C21H33FN4O/c1-4-6-7-12-25(3)21(23-5-2)24-16-17-8-9-20(19(22)15-17)26-13-10-18(27)11-14-26/h4,8-9,15,18,27H,1,5-7,10-14,16H2,2-3H3,(H,23,24). The topological polar surface area (TPSA) is 51.1 Å². The maximum absolute atomic E-state index is 14.6. The molecule has 1 aliphatic rings. The number of nitrogens with one attached hydrogen (secondary N) is 1. The Morgan fingerprint density at radius 3 is 2.81 bits per heavy atom. The van der Waals surface area contributed by atoms with Crippen molar-refractivity contribution in [3.05, 3.63) is 42.2 Å². The van der Waals surface area contributed by atoms with Gasteiger partial charge in [0.2, 0.25) is 0 Å². The summed E-state index contributed by atoms with van der Waals surface area (Å²) in [6, 6.07) is 5.35. The van der Waals surface area contributed by atoms with E-state index in [1.165, 1.54) is 0 Å². The van der Waals surface area contributed by atoms with E-state index in [9.17, 15) is 9.50 Å². The Morgan fingerprint density at radius 1 is 1.44 bits per heavy atom. The normalized spacial score (nSPS) is 15.7. The van der Waals surface area contributed by atoms with E-state index < -0.39 is 0 Å².